The summed E-state index contributed by atoms with van der Waals surface area (Å²) in [4.78, 5) is 19.3. The number of aromatic nitrogens is 5. The Morgan fingerprint density at radius 2 is 2.03 bits per heavy atom. The maximum Gasteiger partial charge on any atom is 0.317 e. The molecule has 0 spiro atoms. The Kier molecular flexibility index (Phi) is 4.22. The Hall–Kier alpha value is -3.68. The van der Waals surface area contributed by atoms with Crippen LogP contribution < -0.4 is 5.32 Å². The number of piperidine rings is 1. The highest BCUT2D eigenvalue weighted by molar-refractivity contribution is 5.75. The van der Waals surface area contributed by atoms with Gasteiger partial charge in [0, 0.05) is 37.3 Å². The molecule has 1 saturated heterocycles. The Balaban J connectivity index is 1.16. The number of carbonyl (C=O) groups is 1. The Bertz CT molecular complexity index is 1260. The van der Waals surface area contributed by atoms with Crippen LogP contribution >= 0.6 is 0 Å². The van der Waals surface area contributed by atoms with Crippen molar-refractivity contribution >= 4 is 11.7 Å². The fourth-order valence-electron chi connectivity index (χ4n) is 4.95. The number of fused-ring (bicyclic) bond motifs is 4. The van der Waals surface area contributed by atoms with Gasteiger partial charge in [0.25, 0.3) is 0 Å². The largest absolute Gasteiger partial charge is 0.336 e. The summed E-state index contributed by atoms with van der Waals surface area (Å²) < 4.78 is 4.17. The molecular weight excluding hydrogens is 390 g/mol. The first kappa shape index (κ1) is 18.1. The molecule has 0 aliphatic carbocycles. The number of hydrogen-bond donors (Lipinski definition) is 1. The molecule has 2 aliphatic rings. The summed E-state index contributed by atoms with van der Waals surface area (Å²) in [5.41, 5.74) is 4.37. The predicted molar refractivity (Wildman–Crippen MR) is 116 cm³/mol. The van der Waals surface area contributed by atoms with Crippen LogP contribution in [0.25, 0.3) is 16.9 Å². The predicted octanol–water partition coefficient (Wildman–Crippen LogP) is 3.08. The Morgan fingerprint density at radius 3 is 3.00 bits per heavy atom. The van der Waals surface area contributed by atoms with Crippen LogP contribution in [-0.2, 0) is 0 Å². The molecule has 156 valence electrons. The fourth-order valence-corrected chi connectivity index (χ4v) is 4.95. The van der Waals surface area contributed by atoms with E-state index in [0.717, 1.165) is 36.6 Å². The van der Waals surface area contributed by atoms with Gasteiger partial charge >= 0.3 is 6.03 Å². The number of nitrogens with zero attached hydrogens (tertiary/aromatic N) is 6. The van der Waals surface area contributed by atoms with E-state index in [2.05, 4.69) is 37.2 Å². The van der Waals surface area contributed by atoms with Gasteiger partial charge in [-0.2, -0.15) is 0 Å². The molecule has 2 atom stereocenters. The molecule has 0 saturated carbocycles. The van der Waals surface area contributed by atoms with Crippen molar-refractivity contribution in [2.45, 2.75) is 24.8 Å². The zero-order valence-corrected chi connectivity index (χ0v) is 17.1. The molecular formula is C23H23N7O. The summed E-state index contributed by atoms with van der Waals surface area (Å²) in [5.74, 6) is 1.12. The van der Waals surface area contributed by atoms with Crippen LogP contribution in [0.5, 0.6) is 0 Å². The normalized spacial score (nSPS) is 19.9. The maximum atomic E-state index is 13.0. The number of imidazole rings is 1. The second-order valence-corrected chi connectivity index (χ2v) is 8.25. The smallest absolute Gasteiger partial charge is 0.317 e. The molecule has 2 amide bonds. The molecule has 1 aromatic carbocycles. The van der Waals surface area contributed by atoms with Crippen LogP contribution in [0.1, 0.15) is 36.2 Å². The van der Waals surface area contributed by atoms with E-state index in [4.69, 9.17) is 0 Å². The lowest BCUT2D eigenvalue weighted by Gasteiger charge is -2.32. The molecule has 8 heteroatoms. The van der Waals surface area contributed by atoms with Gasteiger partial charge in [0.1, 0.15) is 5.82 Å². The van der Waals surface area contributed by atoms with E-state index in [0.29, 0.717) is 13.1 Å². The highest BCUT2D eigenvalue weighted by Gasteiger charge is 2.31. The molecule has 6 rings (SSSR count). The first-order chi connectivity index (χ1) is 15.3. The van der Waals surface area contributed by atoms with Crippen molar-refractivity contribution in [3.63, 3.8) is 0 Å². The van der Waals surface area contributed by atoms with Gasteiger partial charge in [-0.25, -0.2) is 9.78 Å². The monoisotopic (exact) mass is 413 g/mol. The summed E-state index contributed by atoms with van der Waals surface area (Å²) in [5, 5.41) is 11.8. The van der Waals surface area contributed by atoms with Crippen molar-refractivity contribution in [2.24, 2.45) is 0 Å². The summed E-state index contributed by atoms with van der Waals surface area (Å²) in [6, 6.07) is 14.3. The molecule has 1 fully saturated rings. The van der Waals surface area contributed by atoms with E-state index in [9.17, 15) is 4.79 Å². The van der Waals surface area contributed by atoms with Crippen LogP contribution in [-0.4, -0.2) is 54.7 Å². The second-order valence-electron chi connectivity index (χ2n) is 8.25. The number of likely N-dealkylation sites (tertiary alicyclic amines) is 1. The van der Waals surface area contributed by atoms with Gasteiger partial charge in [0.15, 0.2) is 5.65 Å². The number of benzene rings is 1. The van der Waals surface area contributed by atoms with Crippen LogP contribution in [0.3, 0.4) is 0 Å². The highest BCUT2D eigenvalue weighted by Crippen LogP contribution is 2.38. The summed E-state index contributed by atoms with van der Waals surface area (Å²) >= 11 is 0. The van der Waals surface area contributed by atoms with Crippen LogP contribution in [0, 0.1) is 0 Å². The minimum Gasteiger partial charge on any atom is -0.336 e. The first-order valence-corrected chi connectivity index (χ1v) is 10.7. The molecule has 2 aliphatic heterocycles. The standard InChI is InChI=1S/C23H23N7O/c31-23(25-13-20-18-8-2-1-7-17(18)19-12-24-15-30(19)20)28-10-5-6-16(14-28)22-27-26-21-9-3-4-11-29(21)22/h1-4,7-9,11-12,15-16,20H,5-6,10,13-14H2,(H,25,31)/t16-,20+/m1/s1. The van der Waals surface area contributed by atoms with Crippen molar-refractivity contribution in [3.05, 3.63) is 72.6 Å². The van der Waals surface area contributed by atoms with Crippen molar-refractivity contribution in [3.8, 4) is 11.3 Å². The minimum absolute atomic E-state index is 0.0235. The number of urea groups is 1. The lowest BCUT2D eigenvalue weighted by Crippen LogP contribution is -2.46. The Morgan fingerprint density at radius 1 is 1.13 bits per heavy atom. The Labute approximate surface area is 179 Å². The molecule has 3 aromatic heterocycles. The zero-order valence-electron chi connectivity index (χ0n) is 17.1. The van der Waals surface area contributed by atoms with Gasteiger partial charge in [-0.05, 0) is 30.5 Å². The van der Waals surface area contributed by atoms with E-state index in [1.807, 2.05) is 58.4 Å². The lowest BCUT2D eigenvalue weighted by atomic mass is 9.97. The van der Waals surface area contributed by atoms with E-state index in [1.54, 1.807) is 0 Å². The molecule has 5 heterocycles. The van der Waals surface area contributed by atoms with Gasteiger partial charge in [0.2, 0.25) is 0 Å². The van der Waals surface area contributed by atoms with Crippen molar-refractivity contribution in [2.75, 3.05) is 19.6 Å². The topological polar surface area (TPSA) is 80.3 Å². The van der Waals surface area contributed by atoms with Gasteiger partial charge in [-0.1, -0.05) is 30.3 Å². The van der Waals surface area contributed by atoms with E-state index in [-0.39, 0.29) is 18.0 Å². The zero-order chi connectivity index (χ0) is 20.8. The van der Waals surface area contributed by atoms with Crippen LogP contribution in [0.2, 0.25) is 0 Å². The summed E-state index contributed by atoms with van der Waals surface area (Å²) in [6.45, 7) is 1.95. The van der Waals surface area contributed by atoms with Gasteiger partial charge in [-0.3, -0.25) is 4.40 Å². The first-order valence-electron chi connectivity index (χ1n) is 10.7. The summed E-state index contributed by atoms with van der Waals surface area (Å²) in [7, 11) is 0. The third-order valence-corrected chi connectivity index (χ3v) is 6.46. The third kappa shape index (κ3) is 2.98. The lowest BCUT2D eigenvalue weighted by molar-refractivity contribution is 0.177. The molecule has 0 unspecified atom stereocenters. The number of amides is 2. The molecule has 4 aromatic rings. The molecule has 0 bridgehead atoms. The number of rotatable bonds is 3. The number of nitrogens with one attached hydrogen (secondary N) is 1. The maximum absolute atomic E-state index is 13.0. The van der Waals surface area contributed by atoms with Gasteiger partial charge in [-0.15, -0.1) is 10.2 Å². The highest BCUT2D eigenvalue weighted by atomic mass is 16.2. The minimum atomic E-state index is -0.0235. The van der Waals surface area contributed by atoms with Gasteiger partial charge < -0.3 is 14.8 Å². The average molecular weight is 413 g/mol. The van der Waals surface area contributed by atoms with Crippen molar-refractivity contribution in [1.29, 1.82) is 0 Å². The SMILES string of the molecule is O=C(NC[C@H]1c2ccccc2-c2cncn21)N1CCC[C@@H](c2nnc3ccccn23)C1. The summed E-state index contributed by atoms with van der Waals surface area (Å²) in [6.07, 6.45) is 7.69. The number of pyridine rings is 1. The van der Waals surface area contributed by atoms with Crippen molar-refractivity contribution < 1.29 is 4.79 Å². The van der Waals surface area contributed by atoms with Crippen LogP contribution in [0.4, 0.5) is 4.79 Å². The average Bonchev–Trinajstić information content (AvgIpc) is 3.52. The van der Waals surface area contributed by atoms with E-state index in [1.165, 1.54) is 11.1 Å². The quantitative estimate of drug-likeness (QED) is 0.560. The molecule has 31 heavy (non-hydrogen) atoms. The number of carbonyl (C=O) groups excluding carboxylic acids is 1. The third-order valence-electron chi connectivity index (χ3n) is 6.46. The molecule has 0 radical (unpaired) electrons. The van der Waals surface area contributed by atoms with Crippen molar-refractivity contribution in [1.82, 2.24) is 34.4 Å². The van der Waals surface area contributed by atoms with E-state index >= 15 is 0 Å². The second kappa shape index (κ2) is 7.23. The molecule has 1 N–H and O–H groups in total. The number of hydrogen-bond acceptors (Lipinski definition) is 4. The molecule has 8 nitrogen and oxygen atoms in total. The fraction of sp³-hybridized carbons (Fsp3) is 0.304. The van der Waals surface area contributed by atoms with E-state index < -0.39 is 0 Å². The van der Waals surface area contributed by atoms with Crippen LogP contribution in [0.15, 0.2) is 61.2 Å². The van der Waals surface area contributed by atoms with Gasteiger partial charge in [0.05, 0.1) is 24.3 Å².